The van der Waals surface area contributed by atoms with Gasteiger partial charge in [0.2, 0.25) is 10.0 Å². The van der Waals surface area contributed by atoms with Crippen molar-refractivity contribution in [3.8, 4) is 0 Å². The summed E-state index contributed by atoms with van der Waals surface area (Å²) < 4.78 is 26.4. The fourth-order valence-electron chi connectivity index (χ4n) is 2.57. The molecule has 0 saturated heterocycles. The molecule has 7 heteroatoms. The first-order chi connectivity index (χ1) is 12.1. The van der Waals surface area contributed by atoms with E-state index >= 15 is 0 Å². The summed E-state index contributed by atoms with van der Waals surface area (Å²) >= 11 is 5.79. The van der Waals surface area contributed by atoms with Crippen LogP contribution in [0.15, 0.2) is 53.4 Å². The Kier molecular flexibility index (Phi) is 6.44. The molecule has 5 nitrogen and oxygen atoms in total. The smallest absolute Gasteiger partial charge is 0.322 e. The maximum absolute atomic E-state index is 12.7. The second-order valence-corrected chi connectivity index (χ2v) is 8.86. The second-order valence-electron chi connectivity index (χ2n) is 6.43. The van der Waals surface area contributed by atoms with Crippen LogP contribution in [0.1, 0.15) is 30.9 Å². The molecule has 2 aromatic carbocycles. The molecule has 0 aromatic heterocycles. The first-order valence-electron chi connectivity index (χ1n) is 8.18. The van der Waals surface area contributed by atoms with E-state index in [1.165, 1.54) is 31.3 Å². The third kappa shape index (κ3) is 4.63. The zero-order chi connectivity index (χ0) is 19.5. The SMILES string of the molecule is CC(C)c1ccc(C[C@@H](C(=O)O)N(C)S(=O)(=O)c2ccc(Cl)cc2)cc1. The largest absolute Gasteiger partial charge is 0.480 e. The third-order valence-electron chi connectivity index (χ3n) is 4.29. The minimum atomic E-state index is -3.95. The maximum Gasteiger partial charge on any atom is 0.322 e. The molecule has 0 heterocycles. The Balaban J connectivity index is 2.28. The van der Waals surface area contributed by atoms with E-state index in [-0.39, 0.29) is 11.3 Å². The van der Waals surface area contributed by atoms with Crippen LogP contribution < -0.4 is 0 Å². The highest BCUT2D eigenvalue weighted by atomic mass is 35.5. The standard InChI is InChI=1S/C19H22ClNO4S/c1-13(2)15-6-4-14(5-7-15)12-18(19(22)23)21(3)26(24,25)17-10-8-16(20)9-11-17/h4-11,13,18H,12H2,1-3H3,(H,22,23)/t18-/m0/s1. The Bertz CT molecular complexity index is 861. The number of carbonyl (C=O) groups is 1. The predicted molar refractivity (Wildman–Crippen MR) is 102 cm³/mol. The van der Waals surface area contributed by atoms with Crippen molar-refractivity contribution in [2.75, 3.05) is 7.05 Å². The van der Waals surface area contributed by atoms with Gasteiger partial charge in [0.15, 0.2) is 0 Å². The van der Waals surface area contributed by atoms with E-state index in [0.717, 1.165) is 15.4 Å². The van der Waals surface area contributed by atoms with Gasteiger partial charge in [0.25, 0.3) is 0 Å². The summed E-state index contributed by atoms with van der Waals surface area (Å²) in [6, 6.07) is 12.0. The molecule has 0 saturated carbocycles. The van der Waals surface area contributed by atoms with Gasteiger partial charge in [-0.25, -0.2) is 8.42 Å². The van der Waals surface area contributed by atoms with Crippen LogP contribution >= 0.6 is 11.6 Å². The number of likely N-dealkylation sites (N-methyl/N-ethyl adjacent to an activating group) is 1. The van der Waals surface area contributed by atoms with Crippen LogP contribution in [0.25, 0.3) is 0 Å². The second kappa shape index (κ2) is 8.20. The lowest BCUT2D eigenvalue weighted by atomic mass is 9.99. The molecule has 0 amide bonds. The van der Waals surface area contributed by atoms with Gasteiger partial charge in [-0.2, -0.15) is 4.31 Å². The van der Waals surface area contributed by atoms with E-state index in [0.29, 0.717) is 10.9 Å². The molecule has 0 aliphatic heterocycles. The first-order valence-corrected chi connectivity index (χ1v) is 10.00. The van der Waals surface area contributed by atoms with E-state index in [2.05, 4.69) is 13.8 Å². The number of aliphatic carboxylic acids is 1. The molecule has 0 bridgehead atoms. The average Bonchev–Trinajstić information content (AvgIpc) is 2.59. The molecule has 2 aromatic rings. The Morgan fingerprint density at radius 1 is 1.08 bits per heavy atom. The molecular weight excluding hydrogens is 374 g/mol. The van der Waals surface area contributed by atoms with Crippen molar-refractivity contribution in [3.05, 3.63) is 64.7 Å². The van der Waals surface area contributed by atoms with Gasteiger partial charge in [0.05, 0.1) is 4.90 Å². The van der Waals surface area contributed by atoms with E-state index in [9.17, 15) is 18.3 Å². The fourth-order valence-corrected chi connectivity index (χ4v) is 4.01. The van der Waals surface area contributed by atoms with Crippen LogP contribution in [0.4, 0.5) is 0 Å². The highest BCUT2D eigenvalue weighted by Gasteiger charge is 2.33. The number of carboxylic acid groups (broad SMARTS) is 1. The quantitative estimate of drug-likeness (QED) is 0.774. The molecule has 1 N–H and O–H groups in total. The van der Waals surface area contributed by atoms with Crippen molar-refractivity contribution in [2.45, 2.75) is 37.1 Å². The topological polar surface area (TPSA) is 74.7 Å². The van der Waals surface area contributed by atoms with Crippen molar-refractivity contribution >= 4 is 27.6 Å². The Morgan fingerprint density at radius 3 is 2.08 bits per heavy atom. The summed E-state index contributed by atoms with van der Waals surface area (Å²) in [6.45, 7) is 4.14. The van der Waals surface area contributed by atoms with E-state index in [1.54, 1.807) is 0 Å². The molecule has 0 aliphatic carbocycles. The number of nitrogens with zero attached hydrogens (tertiary/aromatic N) is 1. The Morgan fingerprint density at radius 2 is 1.62 bits per heavy atom. The number of hydrogen-bond donors (Lipinski definition) is 1. The zero-order valence-electron chi connectivity index (χ0n) is 14.9. The van der Waals surface area contributed by atoms with Gasteiger partial charge in [-0.1, -0.05) is 49.7 Å². The summed E-state index contributed by atoms with van der Waals surface area (Å²) in [5.74, 6) is -0.828. The lowest BCUT2D eigenvalue weighted by molar-refractivity contribution is -0.141. The summed E-state index contributed by atoms with van der Waals surface area (Å²) in [4.78, 5) is 11.7. The summed E-state index contributed by atoms with van der Waals surface area (Å²) in [6.07, 6.45) is 0.0804. The predicted octanol–water partition coefficient (Wildman–Crippen LogP) is 3.78. The number of halogens is 1. The molecule has 2 rings (SSSR count). The number of benzene rings is 2. The van der Waals surface area contributed by atoms with Gasteiger partial charge in [-0.3, -0.25) is 4.79 Å². The molecule has 140 valence electrons. The lowest BCUT2D eigenvalue weighted by Gasteiger charge is -2.24. The minimum Gasteiger partial charge on any atom is -0.480 e. The van der Waals surface area contributed by atoms with Crippen molar-refractivity contribution in [3.63, 3.8) is 0 Å². The molecule has 0 unspecified atom stereocenters. The molecule has 0 radical (unpaired) electrons. The molecule has 0 fully saturated rings. The average molecular weight is 396 g/mol. The maximum atomic E-state index is 12.7. The number of rotatable bonds is 7. The van der Waals surface area contributed by atoms with E-state index < -0.39 is 22.0 Å². The third-order valence-corrected chi connectivity index (χ3v) is 6.42. The fraction of sp³-hybridized carbons (Fsp3) is 0.316. The van der Waals surface area contributed by atoms with Gasteiger partial charge in [-0.05, 0) is 47.7 Å². The van der Waals surface area contributed by atoms with Crippen LogP contribution in [-0.4, -0.2) is 36.9 Å². The van der Waals surface area contributed by atoms with Crippen LogP contribution in [0, 0.1) is 0 Å². The van der Waals surface area contributed by atoms with E-state index in [4.69, 9.17) is 11.6 Å². The molecule has 1 atom stereocenters. The first kappa shape index (κ1) is 20.4. The lowest BCUT2D eigenvalue weighted by Crippen LogP contribution is -2.43. The van der Waals surface area contributed by atoms with Crippen LogP contribution in [0.5, 0.6) is 0 Å². The highest BCUT2D eigenvalue weighted by Crippen LogP contribution is 2.22. The van der Waals surface area contributed by atoms with Gasteiger partial charge < -0.3 is 5.11 Å². The molecule has 0 aliphatic rings. The number of sulfonamides is 1. The number of hydrogen-bond acceptors (Lipinski definition) is 3. The normalized spacial score (nSPS) is 13.2. The molecule has 0 spiro atoms. The summed E-state index contributed by atoms with van der Waals surface area (Å²) in [5.41, 5.74) is 1.91. The number of carboxylic acids is 1. The van der Waals surface area contributed by atoms with Crippen molar-refractivity contribution in [1.29, 1.82) is 0 Å². The zero-order valence-corrected chi connectivity index (χ0v) is 16.5. The molecular formula is C19H22ClNO4S. The van der Waals surface area contributed by atoms with Crippen molar-refractivity contribution in [1.82, 2.24) is 4.31 Å². The van der Waals surface area contributed by atoms with Crippen LogP contribution in [-0.2, 0) is 21.2 Å². The van der Waals surface area contributed by atoms with Gasteiger partial charge in [0.1, 0.15) is 6.04 Å². The van der Waals surface area contributed by atoms with Gasteiger partial charge in [0, 0.05) is 12.1 Å². The summed E-state index contributed by atoms with van der Waals surface area (Å²) in [7, 11) is -2.66. The van der Waals surface area contributed by atoms with E-state index in [1.807, 2.05) is 24.3 Å². The van der Waals surface area contributed by atoms with Crippen LogP contribution in [0.3, 0.4) is 0 Å². The van der Waals surface area contributed by atoms with Gasteiger partial charge in [-0.15, -0.1) is 0 Å². The summed E-state index contributed by atoms with van der Waals surface area (Å²) in [5, 5.41) is 9.98. The minimum absolute atomic E-state index is 0.00538. The van der Waals surface area contributed by atoms with Crippen molar-refractivity contribution < 1.29 is 18.3 Å². The molecule has 26 heavy (non-hydrogen) atoms. The monoisotopic (exact) mass is 395 g/mol. The van der Waals surface area contributed by atoms with Gasteiger partial charge >= 0.3 is 5.97 Å². The Labute approximate surface area is 159 Å². The highest BCUT2D eigenvalue weighted by molar-refractivity contribution is 7.89. The Hall–Kier alpha value is -1.89. The van der Waals surface area contributed by atoms with Crippen LogP contribution in [0.2, 0.25) is 5.02 Å². The van der Waals surface area contributed by atoms with Crippen molar-refractivity contribution in [2.24, 2.45) is 0 Å².